The molecule has 0 atom stereocenters. The summed E-state index contributed by atoms with van der Waals surface area (Å²) in [6.07, 6.45) is 8.64. The van der Waals surface area contributed by atoms with E-state index in [0.717, 1.165) is 16.7 Å². The minimum atomic E-state index is -0.0431. The van der Waals surface area contributed by atoms with Gasteiger partial charge < -0.3 is 10.2 Å². The lowest BCUT2D eigenvalue weighted by Crippen LogP contribution is -2.26. The Bertz CT molecular complexity index is 1420. The highest BCUT2D eigenvalue weighted by atomic mass is 16.2. The molecule has 2 N–H and O–H groups in total. The van der Waals surface area contributed by atoms with Crippen LogP contribution in [-0.2, 0) is 11.3 Å². The van der Waals surface area contributed by atoms with E-state index in [4.69, 9.17) is 4.98 Å². The number of rotatable bonds is 6. The number of H-pyrrole nitrogens is 1. The predicted octanol–water partition coefficient (Wildman–Crippen LogP) is 3.11. The van der Waals surface area contributed by atoms with Gasteiger partial charge in [0.15, 0.2) is 11.6 Å². The number of amides is 1. The van der Waals surface area contributed by atoms with E-state index in [1.165, 1.54) is 4.90 Å². The van der Waals surface area contributed by atoms with E-state index in [2.05, 4.69) is 30.6 Å². The number of anilines is 2. The Balaban J connectivity index is 1.48. The number of benzene rings is 1. The van der Waals surface area contributed by atoms with Gasteiger partial charge in [-0.1, -0.05) is 24.3 Å². The van der Waals surface area contributed by atoms with Gasteiger partial charge in [-0.3, -0.25) is 19.6 Å². The van der Waals surface area contributed by atoms with E-state index in [0.29, 0.717) is 28.4 Å². The first-order chi connectivity index (χ1) is 16.1. The zero-order valence-electron chi connectivity index (χ0n) is 18.1. The summed E-state index contributed by atoms with van der Waals surface area (Å²) in [6.45, 7) is 0.157. The highest BCUT2D eigenvalue weighted by Gasteiger charge is 2.14. The summed E-state index contributed by atoms with van der Waals surface area (Å²) in [7, 11) is 3.43. The number of aromatic amines is 1. The molecule has 0 unspecified atom stereocenters. The van der Waals surface area contributed by atoms with Gasteiger partial charge in [-0.15, -0.1) is 0 Å². The first kappa shape index (κ1) is 20.3. The number of hydrogen-bond acceptors (Lipinski definition) is 7. The van der Waals surface area contributed by atoms with Crippen molar-refractivity contribution in [2.75, 3.05) is 19.4 Å². The fourth-order valence-corrected chi connectivity index (χ4v) is 3.36. The Hall–Kier alpha value is -4.60. The van der Waals surface area contributed by atoms with Gasteiger partial charge in [0.1, 0.15) is 17.6 Å². The minimum Gasteiger partial charge on any atom is -0.347 e. The fraction of sp³-hybridized carbons (Fsp3) is 0.130. The van der Waals surface area contributed by atoms with Gasteiger partial charge in [-0.05, 0) is 17.7 Å². The first-order valence-electron chi connectivity index (χ1n) is 10.3. The lowest BCUT2D eigenvalue weighted by Gasteiger charge is -2.10. The molecule has 0 bridgehead atoms. The largest absolute Gasteiger partial charge is 0.347 e. The normalized spacial score (nSPS) is 11.0. The standard InChI is InChI=1S/C23H21N9O/c1-31(2)20(33)14-32-13-18(11-26-32)27-23-21-19(12-25-30-21)28-22(29-23)16-6-3-5-15(9-16)17-7-4-8-24-10-17/h3-13H,14H2,1-2H3,(H,25,30)(H,27,28,29). The maximum atomic E-state index is 12.0. The van der Waals surface area contributed by atoms with Crippen molar-refractivity contribution in [2.24, 2.45) is 0 Å². The Kier molecular flexibility index (Phi) is 5.23. The van der Waals surface area contributed by atoms with Gasteiger partial charge in [0.2, 0.25) is 5.91 Å². The van der Waals surface area contributed by atoms with Gasteiger partial charge in [0, 0.05) is 43.8 Å². The number of nitrogens with one attached hydrogen (secondary N) is 2. The molecular weight excluding hydrogens is 418 g/mol. The average molecular weight is 439 g/mol. The van der Waals surface area contributed by atoms with Crippen LogP contribution in [0.4, 0.5) is 11.5 Å². The van der Waals surface area contributed by atoms with Gasteiger partial charge in [-0.25, -0.2) is 9.97 Å². The number of aromatic nitrogens is 7. The van der Waals surface area contributed by atoms with Crippen molar-refractivity contribution >= 4 is 28.4 Å². The number of nitrogens with zero attached hydrogens (tertiary/aromatic N) is 7. The molecule has 4 aromatic heterocycles. The molecule has 0 aliphatic rings. The van der Waals surface area contributed by atoms with Crippen LogP contribution in [0.5, 0.6) is 0 Å². The van der Waals surface area contributed by atoms with Crippen molar-refractivity contribution in [3.8, 4) is 22.5 Å². The monoisotopic (exact) mass is 439 g/mol. The summed E-state index contributed by atoms with van der Waals surface area (Å²) in [4.78, 5) is 27.1. The number of carbonyl (C=O) groups excluding carboxylic acids is 1. The van der Waals surface area contributed by atoms with E-state index in [1.807, 2.05) is 42.6 Å². The molecule has 164 valence electrons. The summed E-state index contributed by atoms with van der Waals surface area (Å²) in [5.74, 6) is 1.09. The number of hydrogen-bond donors (Lipinski definition) is 2. The highest BCUT2D eigenvalue weighted by molar-refractivity contribution is 5.88. The zero-order chi connectivity index (χ0) is 22.8. The van der Waals surface area contributed by atoms with Crippen LogP contribution in [0.1, 0.15) is 0 Å². The number of likely N-dealkylation sites (N-methyl/N-ethyl adjacent to an activating group) is 1. The summed E-state index contributed by atoms with van der Waals surface area (Å²) >= 11 is 0. The number of pyridine rings is 1. The maximum absolute atomic E-state index is 12.0. The molecule has 0 radical (unpaired) electrons. The average Bonchev–Trinajstić information content (AvgIpc) is 3.49. The van der Waals surface area contributed by atoms with Crippen LogP contribution in [0, 0.1) is 0 Å². The third kappa shape index (κ3) is 4.26. The van der Waals surface area contributed by atoms with Crippen molar-refractivity contribution in [3.05, 3.63) is 67.4 Å². The molecule has 1 amide bonds. The molecule has 0 aliphatic carbocycles. The van der Waals surface area contributed by atoms with Crippen LogP contribution in [0.15, 0.2) is 67.4 Å². The first-order valence-corrected chi connectivity index (χ1v) is 10.3. The van der Waals surface area contributed by atoms with Crippen molar-refractivity contribution < 1.29 is 4.79 Å². The van der Waals surface area contributed by atoms with E-state index in [1.54, 1.807) is 43.6 Å². The molecule has 0 saturated carbocycles. The van der Waals surface area contributed by atoms with Crippen LogP contribution in [0.2, 0.25) is 0 Å². The van der Waals surface area contributed by atoms with Crippen molar-refractivity contribution in [1.29, 1.82) is 0 Å². The lowest BCUT2D eigenvalue weighted by molar-refractivity contribution is -0.129. The SMILES string of the molecule is CN(C)C(=O)Cn1cc(Nc2nc(-c3cccc(-c4cccnc4)c3)nc3cn[nH]c23)cn1. The molecular formula is C23H21N9O. The second-order valence-corrected chi connectivity index (χ2v) is 7.69. The smallest absolute Gasteiger partial charge is 0.243 e. The van der Waals surface area contributed by atoms with Crippen LogP contribution in [0.25, 0.3) is 33.5 Å². The topological polar surface area (TPSA) is 118 Å². The van der Waals surface area contributed by atoms with Crippen molar-refractivity contribution in [3.63, 3.8) is 0 Å². The molecule has 5 aromatic rings. The van der Waals surface area contributed by atoms with Crippen LogP contribution in [-0.4, -0.2) is 59.8 Å². The number of carbonyl (C=O) groups is 1. The summed E-state index contributed by atoms with van der Waals surface area (Å²) < 4.78 is 1.58. The summed E-state index contributed by atoms with van der Waals surface area (Å²) in [5.41, 5.74) is 4.98. The molecule has 33 heavy (non-hydrogen) atoms. The molecule has 4 heterocycles. The quantitative estimate of drug-likeness (QED) is 0.417. The van der Waals surface area contributed by atoms with Gasteiger partial charge >= 0.3 is 0 Å². The Morgan fingerprint density at radius 2 is 1.91 bits per heavy atom. The van der Waals surface area contributed by atoms with Gasteiger partial charge in [0.25, 0.3) is 0 Å². The zero-order valence-corrected chi connectivity index (χ0v) is 18.1. The van der Waals surface area contributed by atoms with E-state index in [-0.39, 0.29) is 12.5 Å². The maximum Gasteiger partial charge on any atom is 0.243 e. The highest BCUT2D eigenvalue weighted by Crippen LogP contribution is 2.28. The van der Waals surface area contributed by atoms with Crippen LogP contribution < -0.4 is 5.32 Å². The van der Waals surface area contributed by atoms with Crippen LogP contribution in [0.3, 0.4) is 0 Å². The Morgan fingerprint density at radius 1 is 1.06 bits per heavy atom. The molecule has 5 rings (SSSR count). The molecule has 0 aliphatic heterocycles. The fourth-order valence-electron chi connectivity index (χ4n) is 3.36. The van der Waals surface area contributed by atoms with Crippen molar-refractivity contribution in [1.82, 2.24) is 39.8 Å². The molecule has 0 saturated heterocycles. The second-order valence-electron chi connectivity index (χ2n) is 7.69. The Morgan fingerprint density at radius 3 is 2.73 bits per heavy atom. The van der Waals surface area contributed by atoms with Gasteiger partial charge in [0.05, 0.1) is 18.1 Å². The molecule has 0 fully saturated rings. The summed E-state index contributed by atoms with van der Waals surface area (Å²) in [5, 5.41) is 14.6. The van der Waals surface area contributed by atoms with Crippen LogP contribution >= 0.6 is 0 Å². The van der Waals surface area contributed by atoms with E-state index >= 15 is 0 Å². The summed E-state index contributed by atoms with van der Waals surface area (Å²) in [6, 6.07) is 11.9. The second kappa shape index (κ2) is 8.50. The van der Waals surface area contributed by atoms with E-state index in [9.17, 15) is 4.79 Å². The molecule has 10 nitrogen and oxygen atoms in total. The van der Waals surface area contributed by atoms with Gasteiger partial charge in [-0.2, -0.15) is 10.2 Å². The number of fused-ring (bicyclic) bond motifs is 1. The minimum absolute atomic E-state index is 0.0431. The molecule has 0 spiro atoms. The van der Waals surface area contributed by atoms with E-state index < -0.39 is 0 Å². The predicted molar refractivity (Wildman–Crippen MR) is 125 cm³/mol. The molecule has 10 heteroatoms. The third-order valence-corrected chi connectivity index (χ3v) is 5.11. The van der Waals surface area contributed by atoms with Crippen molar-refractivity contribution in [2.45, 2.75) is 6.54 Å². The Labute approximate surface area is 189 Å². The third-order valence-electron chi connectivity index (χ3n) is 5.11. The lowest BCUT2D eigenvalue weighted by atomic mass is 10.0. The molecule has 1 aromatic carbocycles.